The number of fused-ring (bicyclic) bond motifs is 2. The van der Waals surface area contributed by atoms with Gasteiger partial charge in [0.15, 0.2) is 0 Å². The molecule has 0 heterocycles. The summed E-state index contributed by atoms with van der Waals surface area (Å²) in [6.45, 7) is 2.43. The van der Waals surface area contributed by atoms with Crippen LogP contribution in [0.3, 0.4) is 0 Å². The van der Waals surface area contributed by atoms with Crippen molar-refractivity contribution < 1.29 is 14.7 Å². The molecule has 102 valence electrons. The first-order valence-electron chi connectivity index (χ1n) is 6.87. The maximum atomic E-state index is 11.6. The zero-order valence-electron chi connectivity index (χ0n) is 10.8. The van der Waals surface area contributed by atoms with Gasteiger partial charge in [0.25, 0.3) is 0 Å². The van der Waals surface area contributed by atoms with Crippen molar-refractivity contribution in [2.45, 2.75) is 45.1 Å². The van der Waals surface area contributed by atoms with Gasteiger partial charge < -0.3 is 15.7 Å². The highest BCUT2D eigenvalue weighted by Crippen LogP contribution is 2.47. The summed E-state index contributed by atoms with van der Waals surface area (Å²) in [5.41, 5.74) is 0. The molecule has 0 aliphatic heterocycles. The van der Waals surface area contributed by atoms with Gasteiger partial charge in [-0.2, -0.15) is 0 Å². The number of carboxylic acid groups (broad SMARTS) is 1. The van der Waals surface area contributed by atoms with Gasteiger partial charge in [0, 0.05) is 6.54 Å². The zero-order chi connectivity index (χ0) is 13.1. The smallest absolute Gasteiger partial charge is 0.326 e. The molecule has 2 rings (SSSR count). The SMILES string of the molecule is CC[C@H](NC(=O)NCC1CC2CCC1C2)C(=O)O. The lowest BCUT2D eigenvalue weighted by atomic mass is 9.89. The third-order valence-electron chi connectivity index (χ3n) is 4.42. The minimum atomic E-state index is -0.979. The van der Waals surface area contributed by atoms with E-state index >= 15 is 0 Å². The average molecular weight is 254 g/mol. The van der Waals surface area contributed by atoms with Gasteiger partial charge in [-0.05, 0) is 43.4 Å². The largest absolute Gasteiger partial charge is 0.480 e. The molecule has 0 spiro atoms. The van der Waals surface area contributed by atoms with Crippen LogP contribution in [0.2, 0.25) is 0 Å². The van der Waals surface area contributed by atoms with E-state index in [0.717, 1.165) is 11.8 Å². The average Bonchev–Trinajstić information content (AvgIpc) is 2.95. The Labute approximate surface area is 107 Å². The van der Waals surface area contributed by atoms with Gasteiger partial charge in [-0.15, -0.1) is 0 Å². The molecule has 0 aromatic rings. The Kier molecular flexibility index (Phi) is 4.09. The predicted molar refractivity (Wildman–Crippen MR) is 67.2 cm³/mol. The van der Waals surface area contributed by atoms with Crippen LogP contribution in [0.1, 0.15) is 39.0 Å². The molecule has 0 aromatic carbocycles. The van der Waals surface area contributed by atoms with Crippen molar-refractivity contribution in [2.75, 3.05) is 6.54 Å². The number of rotatable bonds is 5. The predicted octanol–water partition coefficient (Wildman–Crippen LogP) is 1.58. The van der Waals surface area contributed by atoms with Crippen LogP contribution in [-0.2, 0) is 4.79 Å². The number of aliphatic carboxylic acids is 1. The molecule has 2 fully saturated rings. The van der Waals surface area contributed by atoms with Gasteiger partial charge in [0.1, 0.15) is 6.04 Å². The normalized spacial score (nSPS) is 31.1. The third kappa shape index (κ3) is 2.94. The van der Waals surface area contributed by atoms with Crippen LogP contribution in [0.25, 0.3) is 0 Å². The van der Waals surface area contributed by atoms with Gasteiger partial charge in [-0.1, -0.05) is 13.3 Å². The molecular weight excluding hydrogens is 232 g/mol. The van der Waals surface area contributed by atoms with Crippen molar-refractivity contribution in [3.05, 3.63) is 0 Å². The molecule has 18 heavy (non-hydrogen) atoms. The van der Waals surface area contributed by atoms with Crippen LogP contribution in [0, 0.1) is 17.8 Å². The molecule has 3 unspecified atom stereocenters. The van der Waals surface area contributed by atoms with E-state index in [0.29, 0.717) is 18.9 Å². The molecular formula is C13H22N2O3. The number of urea groups is 1. The van der Waals surface area contributed by atoms with Crippen LogP contribution in [0.4, 0.5) is 4.79 Å². The van der Waals surface area contributed by atoms with Crippen molar-refractivity contribution in [3.63, 3.8) is 0 Å². The summed E-state index contributed by atoms with van der Waals surface area (Å²) in [5, 5.41) is 14.1. The van der Waals surface area contributed by atoms with E-state index in [1.807, 2.05) is 0 Å². The van der Waals surface area contributed by atoms with Gasteiger partial charge in [0.2, 0.25) is 0 Å². The lowest BCUT2D eigenvalue weighted by molar-refractivity contribution is -0.139. The van der Waals surface area contributed by atoms with E-state index in [1.165, 1.54) is 25.7 Å². The Morgan fingerprint density at radius 1 is 1.33 bits per heavy atom. The number of carboxylic acids is 1. The fourth-order valence-corrected chi connectivity index (χ4v) is 3.40. The minimum absolute atomic E-state index is 0.355. The Morgan fingerprint density at radius 2 is 2.11 bits per heavy atom. The van der Waals surface area contributed by atoms with E-state index in [-0.39, 0.29) is 6.03 Å². The molecule has 4 atom stereocenters. The number of nitrogens with one attached hydrogen (secondary N) is 2. The minimum Gasteiger partial charge on any atom is -0.480 e. The van der Waals surface area contributed by atoms with Crippen molar-refractivity contribution in [1.82, 2.24) is 10.6 Å². The molecule has 2 amide bonds. The van der Waals surface area contributed by atoms with E-state index in [1.54, 1.807) is 6.92 Å². The van der Waals surface area contributed by atoms with Crippen molar-refractivity contribution in [1.29, 1.82) is 0 Å². The number of carbonyl (C=O) groups excluding carboxylic acids is 1. The lowest BCUT2D eigenvalue weighted by Gasteiger charge is -2.22. The fraction of sp³-hybridized carbons (Fsp3) is 0.846. The van der Waals surface area contributed by atoms with Crippen LogP contribution < -0.4 is 10.6 Å². The van der Waals surface area contributed by atoms with Crippen LogP contribution >= 0.6 is 0 Å². The van der Waals surface area contributed by atoms with Crippen LogP contribution in [0.5, 0.6) is 0 Å². The van der Waals surface area contributed by atoms with Crippen LogP contribution in [-0.4, -0.2) is 29.7 Å². The zero-order valence-corrected chi connectivity index (χ0v) is 10.8. The first-order valence-corrected chi connectivity index (χ1v) is 6.87. The van der Waals surface area contributed by atoms with Crippen molar-refractivity contribution in [2.24, 2.45) is 17.8 Å². The highest BCUT2D eigenvalue weighted by Gasteiger charge is 2.39. The molecule has 0 saturated heterocycles. The third-order valence-corrected chi connectivity index (χ3v) is 4.42. The lowest BCUT2D eigenvalue weighted by Crippen LogP contribution is -2.47. The van der Waals surface area contributed by atoms with E-state index in [4.69, 9.17) is 5.11 Å². The number of carbonyl (C=O) groups is 2. The quantitative estimate of drug-likeness (QED) is 0.697. The molecule has 2 saturated carbocycles. The second-order valence-corrected chi connectivity index (χ2v) is 5.59. The maximum Gasteiger partial charge on any atom is 0.326 e. The Hall–Kier alpha value is -1.26. The summed E-state index contributed by atoms with van der Waals surface area (Å²) in [6, 6.07) is -1.14. The molecule has 0 radical (unpaired) electrons. The molecule has 5 nitrogen and oxygen atoms in total. The topological polar surface area (TPSA) is 78.4 Å². The Balaban J connectivity index is 1.70. The van der Waals surface area contributed by atoms with Crippen LogP contribution in [0.15, 0.2) is 0 Å². The molecule has 0 aromatic heterocycles. The van der Waals surface area contributed by atoms with Gasteiger partial charge >= 0.3 is 12.0 Å². The molecule has 2 aliphatic rings. The Morgan fingerprint density at radius 3 is 2.61 bits per heavy atom. The number of hydrogen-bond acceptors (Lipinski definition) is 2. The first kappa shape index (κ1) is 13.2. The fourth-order valence-electron chi connectivity index (χ4n) is 3.40. The van der Waals surface area contributed by atoms with Crippen molar-refractivity contribution in [3.8, 4) is 0 Å². The standard InChI is InChI=1S/C13H22N2O3/c1-2-11(12(16)17)15-13(18)14-7-10-6-8-3-4-9(10)5-8/h8-11H,2-7H2,1H3,(H,16,17)(H2,14,15,18)/t8?,9?,10?,11-/m0/s1. The van der Waals surface area contributed by atoms with E-state index in [9.17, 15) is 9.59 Å². The highest BCUT2D eigenvalue weighted by molar-refractivity contribution is 5.82. The summed E-state index contributed by atoms with van der Waals surface area (Å²) in [5.74, 6) is 1.26. The second kappa shape index (κ2) is 5.59. The number of hydrogen-bond donors (Lipinski definition) is 3. The summed E-state index contributed by atoms with van der Waals surface area (Å²) in [4.78, 5) is 22.4. The number of amides is 2. The molecule has 5 heteroatoms. The summed E-state index contributed by atoms with van der Waals surface area (Å²) >= 11 is 0. The maximum absolute atomic E-state index is 11.6. The molecule has 2 aliphatic carbocycles. The van der Waals surface area contributed by atoms with E-state index in [2.05, 4.69) is 10.6 Å². The second-order valence-electron chi connectivity index (χ2n) is 5.59. The van der Waals surface area contributed by atoms with Gasteiger partial charge in [0.05, 0.1) is 0 Å². The first-order chi connectivity index (χ1) is 8.60. The van der Waals surface area contributed by atoms with E-state index < -0.39 is 12.0 Å². The van der Waals surface area contributed by atoms with Gasteiger partial charge in [-0.3, -0.25) is 0 Å². The summed E-state index contributed by atoms with van der Waals surface area (Å²) < 4.78 is 0. The summed E-state index contributed by atoms with van der Waals surface area (Å²) in [7, 11) is 0. The highest BCUT2D eigenvalue weighted by atomic mass is 16.4. The molecule has 2 bridgehead atoms. The summed E-state index contributed by atoms with van der Waals surface area (Å²) in [6.07, 6.45) is 5.59. The van der Waals surface area contributed by atoms with Gasteiger partial charge in [-0.25, -0.2) is 9.59 Å². The molecule has 3 N–H and O–H groups in total. The monoisotopic (exact) mass is 254 g/mol. The van der Waals surface area contributed by atoms with Crippen molar-refractivity contribution >= 4 is 12.0 Å². The Bertz CT molecular complexity index is 332.